The fourth-order valence-corrected chi connectivity index (χ4v) is 2.39. The van der Waals surface area contributed by atoms with Crippen LogP contribution in [0.1, 0.15) is 23.7 Å². The number of nitrogens with zero attached hydrogens (tertiary/aromatic N) is 2. The number of carbonyl (C=O) groups excluding carboxylic acids is 2. The van der Waals surface area contributed by atoms with Gasteiger partial charge in [0.2, 0.25) is 5.91 Å². The predicted octanol–water partition coefficient (Wildman–Crippen LogP) is 2.49. The maximum atomic E-state index is 13.5. The first-order valence-corrected chi connectivity index (χ1v) is 8.38. The van der Waals surface area contributed by atoms with Crippen molar-refractivity contribution in [3.05, 3.63) is 47.8 Å². The number of carbonyl (C=O) groups is 2. The van der Waals surface area contributed by atoms with Crippen LogP contribution in [0.2, 0.25) is 0 Å². The summed E-state index contributed by atoms with van der Waals surface area (Å²) in [6.45, 7) is 2.62. The van der Waals surface area contributed by atoms with Crippen LogP contribution in [0.5, 0.6) is 0 Å². The summed E-state index contributed by atoms with van der Waals surface area (Å²) in [5.41, 5.74) is -0.0645. The van der Waals surface area contributed by atoms with Crippen LogP contribution in [-0.2, 0) is 4.79 Å². The number of halogens is 1. The summed E-state index contributed by atoms with van der Waals surface area (Å²) in [5.74, 6) is -0.811. The quantitative estimate of drug-likeness (QED) is 0.751. The minimum atomic E-state index is -0.603. The van der Waals surface area contributed by atoms with Gasteiger partial charge in [-0.05, 0) is 30.7 Å². The summed E-state index contributed by atoms with van der Waals surface area (Å²) >= 11 is 1.25. The van der Waals surface area contributed by atoms with Gasteiger partial charge in [-0.15, -0.1) is 10.2 Å². The van der Waals surface area contributed by atoms with E-state index in [0.717, 1.165) is 6.42 Å². The van der Waals surface area contributed by atoms with Crippen LogP contribution < -0.4 is 10.6 Å². The molecule has 2 rings (SSSR count). The fraction of sp³-hybridized carbons (Fsp3) is 0.250. The molecular formula is C16H17FN4O2S. The third kappa shape index (κ3) is 5.31. The molecule has 2 aromatic rings. The Labute approximate surface area is 143 Å². The Morgan fingerprint density at radius 2 is 1.96 bits per heavy atom. The van der Waals surface area contributed by atoms with Crippen LogP contribution in [0.4, 0.5) is 10.2 Å². The van der Waals surface area contributed by atoms with Gasteiger partial charge in [0, 0.05) is 6.54 Å². The number of anilines is 1. The van der Waals surface area contributed by atoms with Gasteiger partial charge in [-0.25, -0.2) is 4.39 Å². The van der Waals surface area contributed by atoms with Gasteiger partial charge < -0.3 is 10.6 Å². The van der Waals surface area contributed by atoms with E-state index >= 15 is 0 Å². The van der Waals surface area contributed by atoms with Gasteiger partial charge in [0.25, 0.3) is 5.91 Å². The number of nitrogens with one attached hydrogen (secondary N) is 2. The van der Waals surface area contributed by atoms with Crippen molar-refractivity contribution in [3.63, 3.8) is 0 Å². The van der Waals surface area contributed by atoms with Crippen molar-refractivity contribution >= 4 is 29.4 Å². The minimum absolute atomic E-state index is 0.0645. The number of rotatable bonds is 7. The highest BCUT2D eigenvalue weighted by molar-refractivity contribution is 7.99. The minimum Gasteiger partial charge on any atom is -0.355 e. The van der Waals surface area contributed by atoms with Gasteiger partial charge in [0.15, 0.2) is 5.82 Å². The SMILES string of the molecule is CCCNC(=O)CSc1ccc(NC(=O)c2ccccc2F)nn1. The van der Waals surface area contributed by atoms with Crippen molar-refractivity contribution in [2.24, 2.45) is 0 Å². The van der Waals surface area contributed by atoms with E-state index in [0.29, 0.717) is 11.6 Å². The average Bonchev–Trinajstić information content (AvgIpc) is 2.59. The van der Waals surface area contributed by atoms with Gasteiger partial charge in [0.05, 0.1) is 11.3 Å². The predicted molar refractivity (Wildman–Crippen MR) is 90.4 cm³/mol. The average molecular weight is 348 g/mol. The summed E-state index contributed by atoms with van der Waals surface area (Å²) in [7, 11) is 0. The second-order valence-corrected chi connectivity index (χ2v) is 5.83. The molecule has 0 saturated carbocycles. The van der Waals surface area contributed by atoms with E-state index in [9.17, 15) is 14.0 Å². The number of amides is 2. The standard InChI is InChI=1S/C16H17FN4O2S/c1-2-9-18-14(22)10-24-15-8-7-13(20-21-15)19-16(23)11-5-3-4-6-12(11)17/h3-8H,2,9-10H2,1H3,(H,18,22)(H,19,20,23). The molecule has 126 valence electrons. The van der Waals surface area contributed by atoms with Crippen LogP contribution in [0, 0.1) is 5.82 Å². The highest BCUT2D eigenvalue weighted by Gasteiger charge is 2.12. The Bertz CT molecular complexity index is 709. The molecule has 0 fully saturated rings. The monoisotopic (exact) mass is 348 g/mol. The zero-order valence-electron chi connectivity index (χ0n) is 13.1. The summed E-state index contributed by atoms with van der Waals surface area (Å²) < 4.78 is 13.5. The van der Waals surface area contributed by atoms with Crippen molar-refractivity contribution in [2.75, 3.05) is 17.6 Å². The lowest BCUT2D eigenvalue weighted by atomic mass is 10.2. The second kappa shape index (κ2) is 8.97. The lowest BCUT2D eigenvalue weighted by Crippen LogP contribution is -2.25. The van der Waals surface area contributed by atoms with Gasteiger partial charge in [-0.2, -0.15) is 0 Å². The van der Waals surface area contributed by atoms with Crippen LogP contribution in [0.15, 0.2) is 41.4 Å². The van der Waals surface area contributed by atoms with Gasteiger partial charge in [-0.3, -0.25) is 9.59 Å². The third-order valence-electron chi connectivity index (χ3n) is 2.92. The summed E-state index contributed by atoms with van der Waals surface area (Å²) in [6, 6.07) is 8.88. The normalized spacial score (nSPS) is 10.2. The molecule has 1 heterocycles. The van der Waals surface area contributed by atoms with Gasteiger partial charge in [-0.1, -0.05) is 30.8 Å². The largest absolute Gasteiger partial charge is 0.355 e. The number of thioether (sulfide) groups is 1. The third-order valence-corrected chi connectivity index (χ3v) is 3.84. The fourth-order valence-electron chi connectivity index (χ4n) is 1.75. The van der Waals surface area contributed by atoms with E-state index in [-0.39, 0.29) is 23.0 Å². The van der Waals surface area contributed by atoms with Crippen LogP contribution in [0.3, 0.4) is 0 Å². The van der Waals surface area contributed by atoms with E-state index in [1.165, 1.54) is 30.0 Å². The molecule has 0 unspecified atom stereocenters. The Kier molecular flexibility index (Phi) is 6.68. The smallest absolute Gasteiger partial charge is 0.259 e. The first-order chi connectivity index (χ1) is 11.6. The van der Waals surface area contributed by atoms with E-state index < -0.39 is 11.7 Å². The molecule has 0 saturated heterocycles. The molecule has 0 atom stereocenters. The molecule has 0 aliphatic rings. The molecule has 0 aliphatic carbocycles. The molecule has 2 N–H and O–H groups in total. The molecule has 2 amide bonds. The Morgan fingerprint density at radius 3 is 2.62 bits per heavy atom. The zero-order chi connectivity index (χ0) is 17.4. The van der Waals surface area contributed by atoms with E-state index in [4.69, 9.17) is 0 Å². The molecule has 24 heavy (non-hydrogen) atoms. The molecule has 0 radical (unpaired) electrons. The first-order valence-electron chi connectivity index (χ1n) is 7.39. The number of aromatic nitrogens is 2. The van der Waals surface area contributed by atoms with E-state index in [2.05, 4.69) is 20.8 Å². The van der Waals surface area contributed by atoms with E-state index in [1.54, 1.807) is 18.2 Å². The van der Waals surface area contributed by atoms with Crippen LogP contribution in [-0.4, -0.2) is 34.3 Å². The maximum absolute atomic E-state index is 13.5. The summed E-state index contributed by atoms with van der Waals surface area (Å²) in [4.78, 5) is 23.5. The number of hydrogen-bond acceptors (Lipinski definition) is 5. The van der Waals surface area contributed by atoms with Crippen molar-refractivity contribution < 1.29 is 14.0 Å². The van der Waals surface area contributed by atoms with Crippen molar-refractivity contribution in [1.29, 1.82) is 0 Å². The zero-order valence-corrected chi connectivity index (χ0v) is 13.9. The molecule has 0 spiro atoms. The molecule has 6 nitrogen and oxygen atoms in total. The lowest BCUT2D eigenvalue weighted by molar-refractivity contribution is -0.118. The highest BCUT2D eigenvalue weighted by Crippen LogP contribution is 2.16. The lowest BCUT2D eigenvalue weighted by Gasteiger charge is -2.06. The van der Waals surface area contributed by atoms with Gasteiger partial charge in [0.1, 0.15) is 10.8 Å². The Hall–Kier alpha value is -2.48. The number of hydrogen-bond donors (Lipinski definition) is 2. The first kappa shape index (κ1) is 17.9. The van der Waals surface area contributed by atoms with Crippen molar-refractivity contribution in [2.45, 2.75) is 18.4 Å². The van der Waals surface area contributed by atoms with Gasteiger partial charge >= 0.3 is 0 Å². The van der Waals surface area contributed by atoms with Crippen molar-refractivity contribution in [1.82, 2.24) is 15.5 Å². The van der Waals surface area contributed by atoms with Crippen molar-refractivity contribution in [3.8, 4) is 0 Å². The van der Waals surface area contributed by atoms with E-state index in [1.807, 2.05) is 6.92 Å². The molecule has 1 aromatic carbocycles. The molecule has 0 bridgehead atoms. The Morgan fingerprint density at radius 1 is 1.17 bits per heavy atom. The molecule has 0 aliphatic heterocycles. The highest BCUT2D eigenvalue weighted by atomic mass is 32.2. The summed E-state index contributed by atoms with van der Waals surface area (Å²) in [6.07, 6.45) is 0.882. The molecule has 1 aromatic heterocycles. The molecule has 8 heteroatoms. The van der Waals surface area contributed by atoms with Crippen LogP contribution >= 0.6 is 11.8 Å². The topological polar surface area (TPSA) is 84.0 Å². The summed E-state index contributed by atoms with van der Waals surface area (Å²) in [5, 5.41) is 13.6. The second-order valence-electron chi connectivity index (χ2n) is 4.83. The molecular weight excluding hydrogens is 331 g/mol. The maximum Gasteiger partial charge on any atom is 0.259 e. The number of benzene rings is 1. The Balaban J connectivity index is 1.89. The van der Waals surface area contributed by atoms with Crippen LogP contribution in [0.25, 0.3) is 0 Å².